The number of hydrogen-bond donors (Lipinski definition) is 1. The Balaban J connectivity index is 1.59. The standard InChI is InChI=1S/C22H24FN5O3S/c1-32(29,30)31-13-17-9-10-19-27-20(14-5-7-15(23)8-6-14)21(28(17)19)18-11-12-24-22(26-18)25-16-3-2-4-16/h5-8,11-12,16-17H,2-4,9-10,13H2,1H3,(H,24,25,26). The average Bonchev–Trinajstić information content (AvgIpc) is 3.29. The first-order valence-electron chi connectivity index (χ1n) is 10.7. The number of nitrogens with zero attached hydrogens (tertiary/aromatic N) is 4. The SMILES string of the molecule is CS(=O)(=O)OCC1CCc2nc(-c3ccc(F)cc3)c(-c3ccnc(NC4CCC4)n3)n21. The van der Waals surface area contributed by atoms with Crippen LogP contribution >= 0.6 is 0 Å². The van der Waals surface area contributed by atoms with Crippen LogP contribution in [0.15, 0.2) is 36.5 Å². The molecular weight excluding hydrogens is 433 g/mol. The van der Waals surface area contributed by atoms with Gasteiger partial charge in [-0.1, -0.05) is 0 Å². The van der Waals surface area contributed by atoms with E-state index in [1.165, 1.54) is 18.6 Å². The molecule has 0 spiro atoms. The van der Waals surface area contributed by atoms with Gasteiger partial charge in [0.05, 0.1) is 36.0 Å². The minimum Gasteiger partial charge on any atom is -0.351 e. The van der Waals surface area contributed by atoms with Crippen molar-refractivity contribution in [2.75, 3.05) is 18.2 Å². The molecular formula is C22H24FN5O3S. The van der Waals surface area contributed by atoms with Crippen LogP contribution in [0.3, 0.4) is 0 Å². The third-order valence-electron chi connectivity index (χ3n) is 5.98. The lowest BCUT2D eigenvalue weighted by atomic mass is 9.93. The lowest BCUT2D eigenvalue weighted by molar-refractivity contribution is 0.263. The first-order valence-corrected chi connectivity index (χ1v) is 12.5. The van der Waals surface area contributed by atoms with Crippen molar-refractivity contribution in [3.63, 3.8) is 0 Å². The zero-order chi connectivity index (χ0) is 22.3. The molecule has 0 saturated heterocycles. The summed E-state index contributed by atoms with van der Waals surface area (Å²) in [5, 5.41) is 3.37. The number of anilines is 1. The summed E-state index contributed by atoms with van der Waals surface area (Å²) in [6, 6.07) is 8.18. The molecule has 10 heteroatoms. The number of aromatic nitrogens is 4. The molecule has 3 aromatic rings. The van der Waals surface area contributed by atoms with E-state index in [1.807, 2.05) is 10.6 Å². The van der Waals surface area contributed by atoms with E-state index in [-0.39, 0.29) is 18.5 Å². The lowest BCUT2D eigenvalue weighted by Gasteiger charge is -2.26. The van der Waals surface area contributed by atoms with Crippen LogP contribution in [0.5, 0.6) is 0 Å². The van der Waals surface area contributed by atoms with E-state index in [0.717, 1.165) is 36.2 Å². The highest BCUT2D eigenvalue weighted by molar-refractivity contribution is 7.85. The smallest absolute Gasteiger partial charge is 0.264 e. The number of halogens is 1. The molecule has 0 bridgehead atoms. The van der Waals surface area contributed by atoms with Crippen molar-refractivity contribution in [2.45, 2.75) is 44.2 Å². The Morgan fingerprint density at radius 1 is 1.16 bits per heavy atom. The van der Waals surface area contributed by atoms with Gasteiger partial charge < -0.3 is 9.88 Å². The molecule has 2 aromatic heterocycles. The molecule has 1 aliphatic heterocycles. The van der Waals surface area contributed by atoms with Crippen molar-refractivity contribution in [3.8, 4) is 22.6 Å². The molecule has 8 nitrogen and oxygen atoms in total. The molecule has 1 fully saturated rings. The van der Waals surface area contributed by atoms with Gasteiger partial charge in [0.25, 0.3) is 10.1 Å². The molecule has 1 saturated carbocycles. The van der Waals surface area contributed by atoms with Crippen molar-refractivity contribution in [2.24, 2.45) is 0 Å². The van der Waals surface area contributed by atoms with E-state index in [4.69, 9.17) is 14.2 Å². The summed E-state index contributed by atoms with van der Waals surface area (Å²) in [6.07, 6.45) is 7.54. The minimum atomic E-state index is -3.57. The highest BCUT2D eigenvalue weighted by Crippen LogP contribution is 2.39. The first kappa shape index (κ1) is 21.0. The minimum absolute atomic E-state index is 0.0241. The van der Waals surface area contributed by atoms with E-state index in [2.05, 4.69) is 10.3 Å². The van der Waals surface area contributed by atoms with Crippen LogP contribution in [0.1, 0.15) is 37.5 Å². The van der Waals surface area contributed by atoms with Crippen molar-refractivity contribution < 1.29 is 17.0 Å². The van der Waals surface area contributed by atoms with E-state index in [0.29, 0.717) is 36.2 Å². The van der Waals surface area contributed by atoms with Crippen LogP contribution in [0, 0.1) is 5.82 Å². The van der Waals surface area contributed by atoms with Gasteiger partial charge in [0.2, 0.25) is 5.95 Å². The fraction of sp³-hybridized carbons (Fsp3) is 0.409. The molecule has 0 radical (unpaired) electrons. The molecule has 168 valence electrons. The molecule has 1 atom stereocenters. The van der Waals surface area contributed by atoms with E-state index in [1.54, 1.807) is 18.3 Å². The average molecular weight is 458 g/mol. The van der Waals surface area contributed by atoms with Gasteiger partial charge in [0.1, 0.15) is 11.6 Å². The van der Waals surface area contributed by atoms with Gasteiger partial charge in [0.15, 0.2) is 0 Å². The predicted octanol–water partition coefficient (Wildman–Crippen LogP) is 3.57. The maximum atomic E-state index is 13.5. The Labute approximate surface area is 186 Å². The Kier molecular flexibility index (Phi) is 5.42. The van der Waals surface area contributed by atoms with Gasteiger partial charge in [-0.05, 0) is 56.0 Å². The van der Waals surface area contributed by atoms with Crippen LogP contribution in [-0.2, 0) is 20.7 Å². The van der Waals surface area contributed by atoms with E-state index in [9.17, 15) is 12.8 Å². The zero-order valence-electron chi connectivity index (χ0n) is 17.7. The maximum absolute atomic E-state index is 13.5. The third kappa shape index (κ3) is 4.24. The van der Waals surface area contributed by atoms with Crippen molar-refractivity contribution in [3.05, 3.63) is 48.2 Å². The number of benzene rings is 1. The lowest BCUT2D eigenvalue weighted by Crippen LogP contribution is -2.28. The number of fused-ring (bicyclic) bond motifs is 1. The van der Waals surface area contributed by atoms with Gasteiger partial charge in [-0.15, -0.1) is 0 Å². The second-order valence-corrected chi connectivity index (χ2v) is 9.96. The van der Waals surface area contributed by atoms with Crippen LogP contribution in [0.2, 0.25) is 0 Å². The number of rotatable bonds is 7. The zero-order valence-corrected chi connectivity index (χ0v) is 18.5. The monoisotopic (exact) mass is 457 g/mol. The molecule has 1 aromatic carbocycles. The summed E-state index contributed by atoms with van der Waals surface area (Å²) in [7, 11) is -3.57. The molecule has 1 N–H and O–H groups in total. The Morgan fingerprint density at radius 3 is 2.62 bits per heavy atom. The van der Waals surface area contributed by atoms with Crippen molar-refractivity contribution >= 4 is 16.1 Å². The van der Waals surface area contributed by atoms with Gasteiger partial charge in [-0.2, -0.15) is 8.42 Å². The number of imidazole rings is 1. The molecule has 2 aliphatic rings. The van der Waals surface area contributed by atoms with Gasteiger partial charge in [-0.3, -0.25) is 4.18 Å². The first-order chi connectivity index (χ1) is 15.4. The number of nitrogens with one attached hydrogen (secondary N) is 1. The summed E-state index contributed by atoms with van der Waals surface area (Å²) >= 11 is 0. The van der Waals surface area contributed by atoms with Crippen molar-refractivity contribution in [1.82, 2.24) is 19.5 Å². The summed E-state index contributed by atoms with van der Waals surface area (Å²) in [4.78, 5) is 13.9. The fourth-order valence-electron chi connectivity index (χ4n) is 4.18. The third-order valence-corrected chi connectivity index (χ3v) is 6.54. The highest BCUT2D eigenvalue weighted by Gasteiger charge is 2.32. The van der Waals surface area contributed by atoms with Crippen LogP contribution in [0.4, 0.5) is 10.3 Å². The predicted molar refractivity (Wildman–Crippen MR) is 118 cm³/mol. The summed E-state index contributed by atoms with van der Waals surface area (Å²) in [6.45, 7) is 0.0241. The van der Waals surface area contributed by atoms with Crippen LogP contribution in [-0.4, -0.2) is 46.8 Å². The molecule has 1 aliphatic carbocycles. The Hall–Kier alpha value is -2.85. The summed E-state index contributed by atoms with van der Waals surface area (Å²) in [5.41, 5.74) is 2.87. The quantitative estimate of drug-likeness (QED) is 0.542. The molecule has 1 unspecified atom stereocenters. The summed E-state index contributed by atoms with van der Waals surface area (Å²) in [5.74, 6) is 1.05. The molecule has 32 heavy (non-hydrogen) atoms. The topological polar surface area (TPSA) is 99.0 Å². The molecule has 0 amide bonds. The Morgan fingerprint density at radius 2 is 1.94 bits per heavy atom. The summed E-state index contributed by atoms with van der Waals surface area (Å²) < 4.78 is 43.8. The number of aryl methyl sites for hydroxylation is 1. The molecule has 5 rings (SSSR count). The van der Waals surface area contributed by atoms with E-state index >= 15 is 0 Å². The largest absolute Gasteiger partial charge is 0.351 e. The van der Waals surface area contributed by atoms with Crippen LogP contribution in [0.25, 0.3) is 22.6 Å². The van der Waals surface area contributed by atoms with Crippen LogP contribution < -0.4 is 5.32 Å². The normalized spacial score (nSPS) is 18.4. The highest BCUT2D eigenvalue weighted by atomic mass is 32.2. The molecule has 3 heterocycles. The maximum Gasteiger partial charge on any atom is 0.264 e. The second-order valence-electron chi connectivity index (χ2n) is 8.32. The van der Waals surface area contributed by atoms with Gasteiger partial charge in [-0.25, -0.2) is 19.3 Å². The fourth-order valence-corrected chi connectivity index (χ4v) is 4.59. The van der Waals surface area contributed by atoms with Gasteiger partial charge in [0, 0.05) is 24.2 Å². The van der Waals surface area contributed by atoms with Gasteiger partial charge >= 0.3 is 0 Å². The number of hydrogen-bond acceptors (Lipinski definition) is 7. The Bertz CT molecular complexity index is 1240. The van der Waals surface area contributed by atoms with Crippen molar-refractivity contribution in [1.29, 1.82) is 0 Å². The second kappa shape index (κ2) is 8.25. The van der Waals surface area contributed by atoms with E-state index < -0.39 is 10.1 Å².